The van der Waals surface area contributed by atoms with Crippen LogP contribution < -0.4 is 11.1 Å². The number of hydrogen-bond acceptors (Lipinski definition) is 4. The van der Waals surface area contributed by atoms with E-state index in [1.54, 1.807) is 0 Å². The van der Waals surface area contributed by atoms with Gasteiger partial charge in [0, 0.05) is 17.4 Å². The number of amides is 1. The van der Waals surface area contributed by atoms with Crippen molar-refractivity contribution in [3.63, 3.8) is 0 Å². The number of carbonyl (C=O) groups excluding carboxylic acids is 1. The van der Waals surface area contributed by atoms with Crippen molar-refractivity contribution in [1.29, 1.82) is 0 Å². The summed E-state index contributed by atoms with van der Waals surface area (Å²) < 4.78 is 68.7. The van der Waals surface area contributed by atoms with Gasteiger partial charge < -0.3 is 16.2 Å². The maximum atomic E-state index is 13.8. The van der Waals surface area contributed by atoms with E-state index in [0.717, 1.165) is 28.8 Å². The minimum atomic E-state index is -4.81. The summed E-state index contributed by atoms with van der Waals surface area (Å²) in [7, 11) is 0. The van der Waals surface area contributed by atoms with Crippen LogP contribution in [0.25, 0.3) is 16.7 Å². The molecule has 0 aliphatic rings. The highest BCUT2D eigenvalue weighted by Crippen LogP contribution is 2.36. The van der Waals surface area contributed by atoms with Gasteiger partial charge in [0.15, 0.2) is 11.6 Å². The number of nitrogens with two attached hydrogens (primary N) is 1. The Morgan fingerprint density at radius 1 is 1.06 bits per heavy atom. The molecule has 0 aliphatic heterocycles. The number of rotatable bonds is 3. The summed E-state index contributed by atoms with van der Waals surface area (Å²) in [5, 5.41) is 12.0. The first-order valence-corrected chi connectivity index (χ1v) is 9.00. The van der Waals surface area contributed by atoms with Gasteiger partial charge in [-0.05, 0) is 42.5 Å². The second kappa shape index (κ2) is 7.52. The first-order chi connectivity index (χ1) is 15.1. The molecular formula is C21H13F5N4O2. The molecule has 4 N–H and O–H groups in total. The van der Waals surface area contributed by atoms with Crippen molar-refractivity contribution < 1.29 is 31.9 Å². The normalized spacial score (nSPS) is 11.7. The Hall–Kier alpha value is -4.15. The summed E-state index contributed by atoms with van der Waals surface area (Å²) in [6.07, 6.45) is -4.81. The van der Waals surface area contributed by atoms with Crippen LogP contribution in [-0.4, -0.2) is 20.6 Å². The van der Waals surface area contributed by atoms with Gasteiger partial charge in [0.05, 0.1) is 22.3 Å². The number of hydrogen-bond donors (Lipinski definition) is 3. The molecule has 0 atom stereocenters. The van der Waals surface area contributed by atoms with Crippen LogP contribution in [0, 0.1) is 11.6 Å². The maximum Gasteiger partial charge on any atom is 0.450 e. The highest BCUT2D eigenvalue weighted by Gasteiger charge is 2.38. The van der Waals surface area contributed by atoms with E-state index in [1.807, 2.05) is 0 Å². The van der Waals surface area contributed by atoms with Gasteiger partial charge in [0.2, 0.25) is 5.82 Å². The van der Waals surface area contributed by atoms with Crippen LogP contribution in [-0.2, 0) is 6.18 Å². The minimum Gasteiger partial charge on any atom is -0.506 e. The Morgan fingerprint density at radius 3 is 2.41 bits per heavy atom. The van der Waals surface area contributed by atoms with Crippen molar-refractivity contribution in [2.24, 2.45) is 0 Å². The van der Waals surface area contributed by atoms with Crippen LogP contribution in [0.4, 0.5) is 33.3 Å². The zero-order valence-electron chi connectivity index (χ0n) is 15.9. The summed E-state index contributed by atoms with van der Waals surface area (Å²) in [5.74, 6) is -5.08. The van der Waals surface area contributed by atoms with Crippen molar-refractivity contribution >= 4 is 28.3 Å². The van der Waals surface area contributed by atoms with Crippen LogP contribution in [0.15, 0.2) is 54.6 Å². The fourth-order valence-corrected chi connectivity index (χ4v) is 3.15. The van der Waals surface area contributed by atoms with Crippen molar-refractivity contribution in [3.8, 4) is 11.4 Å². The lowest BCUT2D eigenvalue weighted by atomic mass is 10.2. The fraction of sp³-hybridized carbons (Fsp3) is 0.0476. The van der Waals surface area contributed by atoms with Crippen LogP contribution in [0.2, 0.25) is 0 Å². The maximum absolute atomic E-state index is 13.8. The molecule has 32 heavy (non-hydrogen) atoms. The molecule has 4 aromatic rings. The molecular weight excluding hydrogens is 435 g/mol. The second-order valence-corrected chi connectivity index (χ2v) is 6.77. The molecule has 3 aromatic carbocycles. The van der Waals surface area contributed by atoms with Gasteiger partial charge in [-0.2, -0.15) is 13.2 Å². The molecule has 0 fully saturated rings. The Kier molecular flexibility index (Phi) is 4.96. The third-order valence-electron chi connectivity index (χ3n) is 4.64. The largest absolute Gasteiger partial charge is 0.506 e. The molecule has 0 aliphatic carbocycles. The zero-order chi connectivity index (χ0) is 23.2. The predicted molar refractivity (Wildman–Crippen MR) is 106 cm³/mol. The van der Waals surface area contributed by atoms with Gasteiger partial charge in [-0.3, -0.25) is 9.36 Å². The second-order valence-electron chi connectivity index (χ2n) is 6.77. The molecule has 0 bridgehead atoms. The summed E-state index contributed by atoms with van der Waals surface area (Å²) in [6.45, 7) is 0. The first-order valence-electron chi connectivity index (χ1n) is 9.00. The molecule has 0 spiro atoms. The third-order valence-corrected chi connectivity index (χ3v) is 4.64. The number of phenols is 1. The predicted octanol–water partition coefficient (Wildman–Crippen LogP) is 4.86. The Labute approximate surface area is 176 Å². The monoisotopic (exact) mass is 448 g/mol. The van der Waals surface area contributed by atoms with E-state index in [-0.39, 0.29) is 28.1 Å². The van der Waals surface area contributed by atoms with E-state index in [0.29, 0.717) is 0 Å². The Bertz CT molecular complexity index is 1350. The van der Waals surface area contributed by atoms with Gasteiger partial charge in [-0.25, -0.2) is 13.8 Å². The van der Waals surface area contributed by atoms with Crippen LogP contribution in [0.1, 0.15) is 16.2 Å². The average Bonchev–Trinajstić information content (AvgIpc) is 3.09. The van der Waals surface area contributed by atoms with Gasteiger partial charge >= 0.3 is 6.18 Å². The van der Waals surface area contributed by atoms with Crippen molar-refractivity contribution in [1.82, 2.24) is 9.55 Å². The quantitative estimate of drug-likeness (QED) is 0.237. The van der Waals surface area contributed by atoms with Crippen LogP contribution in [0.5, 0.6) is 5.75 Å². The SMILES string of the molecule is Nc1cc2c(cc1O)nc(C(F)(F)F)n2-c1ccc(NC(=O)c2cccc(F)c2F)cc1. The van der Waals surface area contributed by atoms with E-state index in [1.165, 1.54) is 30.3 Å². The van der Waals surface area contributed by atoms with E-state index in [4.69, 9.17) is 5.73 Å². The fourth-order valence-electron chi connectivity index (χ4n) is 3.15. The highest BCUT2D eigenvalue weighted by molar-refractivity contribution is 6.04. The molecule has 0 unspecified atom stereocenters. The Morgan fingerprint density at radius 2 is 1.75 bits per heavy atom. The van der Waals surface area contributed by atoms with Crippen LogP contribution in [0.3, 0.4) is 0 Å². The molecule has 6 nitrogen and oxygen atoms in total. The molecule has 0 saturated heterocycles. The van der Waals surface area contributed by atoms with E-state index in [2.05, 4.69) is 10.3 Å². The summed E-state index contributed by atoms with van der Waals surface area (Å²) in [4.78, 5) is 15.8. The number of halogens is 5. The van der Waals surface area contributed by atoms with Crippen molar-refractivity contribution in [3.05, 3.63) is 77.6 Å². The molecule has 4 rings (SSSR count). The number of anilines is 2. The van der Waals surface area contributed by atoms with E-state index < -0.39 is 40.9 Å². The zero-order valence-corrected chi connectivity index (χ0v) is 15.9. The number of nitrogens with zero attached hydrogens (tertiary/aromatic N) is 2. The van der Waals surface area contributed by atoms with Crippen molar-refractivity contribution in [2.45, 2.75) is 6.18 Å². The topological polar surface area (TPSA) is 93.2 Å². The molecule has 164 valence electrons. The summed E-state index contributed by atoms with van der Waals surface area (Å²) in [5.41, 5.74) is 5.04. The number of benzene rings is 3. The number of nitrogens with one attached hydrogen (secondary N) is 1. The van der Waals surface area contributed by atoms with Crippen LogP contribution >= 0.6 is 0 Å². The van der Waals surface area contributed by atoms with Gasteiger partial charge in [0.25, 0.3) is 5.91 Å². The first kappa shape index (κ1) is 21.1. The highest BCUT2D eigenvalue weighted by atomic mass is 19.4. The molecule has 11 heteroatoms. The molecule has 0 saturated carbocycles. The lowest BCUT2D eigenvalue weighted by Gasteiger charge is -2.13. The number of aromatic hydroxyl groups is 1. The number of carbonyl (C=O) groups is 1. The lowest BCUT2D eigenvalue weighted by Crippen LogP contribution is -2.15. The number of imidazole rings is 1. The summed E-state index contributed by atoms with van der Waals surface area (Å²) >= 11 is 0. The molecule has 1 amide bonds. The smallest absolute Gasteiger partial charge is 0.450 e. The minimum absolute atomic E-state index is 0.00578. The summed E-state index contributed by atoms with van der Waals surface area (Å²) in [6, 6.07) is 10.4. The van der Waals surface area contributed by atoms with Gasteiger partial charge in [-0.15, -0.1) is 0 Å². The van der Waals surface area contributed by atoms with E-state index >= 15 is 0 Å². The molecule has 1 aromatic heterocycles. The van der Waals surface area contributed by atoms with E-state index in [9.17, 15) is 31.9 Å². The lowest BCUT2D eigenvalue weighted by molar-refractivity contribution is -0.145. The number of fused-ring (bicyclic) bond motifs is 1. The van der Waals surface area contributed by atoms with Gasteiger partial charge in [0.1, 0.15) is 5.75 Å². The van der Waals surface area contributed by atoms with Gasteiger partial charge in [-0.1, -0.05) is 6.07 Å². The number of phenolic OH excluding ortho intramolecular Hbond substituents is 1. The standard InChI is InChI=1S/C21H13F5N4O2/c22-13-3-1-2-12(18(13)23)19(32)28-10-4-6-11(7-5-10)30-16-8-14(27)17(31)9-15(16)29-20(30)21(24,25)26/h1-9,31H,27H2,(H,28,32). The third kappa shape index (κ3) is 3.68. The number of alkyl halides is 3. The Balaban J connectivity index is 1.72. The van der Waals surface area contributed by atoms with Crippen molar-refractivity contribution in [2.75, 3.05) is 11.1 Å². The number of nitrogen functional groups attached to an aromatic ring is 1. The average molecular weight is 448 g/mol. The molecule has 0 radical (unpaired) electrons. The molecule has 1 heterocycles. The number of aromatic nitrogens is 2.